The summed E-state index contributed by atoms with van der Waals surface area (Å²) in [5.41, 5.74) is 3.38. The molecule has 26 heavy (non-hydrogen) atoms. The van der Waals surface area contributed by atoms with Crippen molar-refractivity contribution in [3.8, 4) is 0 Å². The number of hydrogen-bond donors (Lipinski definition) is 0. The SMILES string of the molecule is O=C(/C(=C\c1ccc(Cl)cc1)n1nnc2ccccc21)c1ccccc1. The van der Waals surface area contributed by atoms with Crippen LogP contribution in [0, 0.1) is 0 Å². The van der Waals surface area contributed by atoms with E-state index in [1.165, 1.54) is 0 Å². The second-order valence-electron chi connectivity index (χ2n) is 5.77. The zero-order chi connectivity index (χ0) is 17.9. The van der Waals surface area contributed by atoms with Crippen LogP contribution in [-0.4, -0.2) is 20.8 Å². The predicted octanol–water partition coefficient (Wildman–Crippen LogP) is 4.97. The highest BCUT2D eigenvalue weighted by Gasteiger charge is 2.18. The molecule has 126 valence electrons. The molecule has 1 aromatic heterocycles. The van der Waals surface area contributed by atoms with Crippen molar-refractivity contribution in [3.05, 3.63) is 95.0 Å². The highest BCUT2D eigenvalue weighted by Crippen LogP contribution is 2.22. The van der Waals surface area contributed by atoms with Gasteiger partial charge in [-0.3, -0.25) is 4.79 Å². The Morgan fingerprint density at radius 3 is 2.35 bits per heavy atom. The number of carbonyl (C=O) groups is 1. The molecule has 0 saturated carbocycles. The summed E-state index contributed by atoms with van der Waals surface area (Å²) in [5.74, 6) is -0.129. The largest absolute Gasteiger partial charge is 0.287 e. The standard InChI is InChI=1S/C21H14ClN3O/c22-17-12-10-15(11-13-17)14-20(21(26)16-6-2-1-3-7-16)25-19-9-5-4-8-18(19)23-24-25/h1-14H/b20-14+. The average molecular weight is 360 g/mol. The number of Topliss-reactive ketones (excluding diaryl/α,β-unsaturated/α-hetero) is 1. The number of halogens is 1. The summed E-state index contributed by atoms with van der Waals surface area (Å²) in [5, 5.41) is 9.02. The second kappa shape index (κ2) is 6.94. The molecule has 1 heterocycles. The van der Waals surface area contributed by atoms with Gasteiger partial charge >= 0.3 is 0 Å². The fourth-order valence-corrected chi connectivity index (χ4v) is 2.85. The first kappa shape index (κ1) is 16.2. The molecule has 0 fully saturated rings. The first-order valence-electron chi connectivity index (χ1n) is 8.10. The maximum absolute atomic E-state index is 13.2. The van der Waals surface area contributed by atoms with E-state index in [4.69, 9.17) is 11.6 Å². The number of ketones is 1. The number of carbonyl (C=O) groups excluding carboxylic acids is 1. The quantitative estimate of drug-likeness (QED) is 0.382. The van der Waals surface area contributed by atoms with Crippen LogP contribution in [0.2, 0.25) is 5.02 Å². The van der Waals surface area contributed by atoms with E-state index >= 15 is 0 Å². The van der Waals surface area contributed by atoms with E-state index in [1.54, 1.807) is 35.0 Å². The highest BCUT2D eigenvalue weighted by atomic mass is 35.5. The number of nitrogens with zero attached hydrogens (tertiary/aromatic N) is 3. The van der Waals surface area contributed by atoms with Crippen molar-refractivity contribution < 1.29 is 4.79 Å². The Bertz CT molecular complexity index is 1100. The van der Waals surface area contributed by atoms with Crippen LogP contribution in [-0.2, 0) is 0 Å². The number of aromatic nitrogens is 3. The lowest BCUT2D eigenvalue weighted by atomic mass is 10.1. The predicted molar refractivity (Wildman–Crippen MR) is 104 cm³/mol. The van der Waals surface area contributed by atoms with E-state index in [1.807, 2.05) is 54.6 Å². The van der Waals surface area contributed by atoms with Crippen molar-refractivity contribution in [2.45, 2.75) is 0 Å². The normalized spacial score (nSPS) is 11.7. The lowest BCUT2D eigenvalue weighted by Gasteiger charge is -2.08. The minimum Gasteiger partial charge on any atom is -0.287 e. The summed E-state index contributed by atoms with van der Waals surface area (Å²) in [6.45, 7) is 0. The van der Waals surface area contributed by atoms with E-state index in [9.17, 15) is 4.79 Å². The Hall–Kier alpha value is -3.24. The molecule has 0 aliphatic carbocycles. The molecule has 0 bridgehead atoms. The van der Waals surface area contributed by atoms with Gasteiger partial charge in [0, 0.05) is 10.6 Å². The molecule has 0 saturated heterocycles. The third-order valence-corrected chi connectivity index (χ3v) is 4.27. The average Bonchev–Trinajstić information content (AvgIpc) is 3.12. The summed E-state index contributed by atoms with van der Waals surface area (Å²) in [7, 11) is 0. The summed E-state index contributed by atoms with van der Waals surface area (Å²) < 4.78 is 1.58. The van der Waals surface area contributed by atoms with Crippen molar-refractivity contribution in [2.24, 2.45) is 0 Å². The molecule has 0 amide bonds. The Labute approximate surface area is 155 Å². The summed E-state index contributed by atoms with van der Waals surface area (Å²) in [6, 6.07) is 24.0. The molecule has 0 unspecified atom stereocenters. The monoisotopic (exact) mass is 359 g/mol. The van der Waals surface area contributed by atoms with Gasteiger partial charge in [0.25, 0.3) is 0 Å². The number of benzene rings is 3. The lowest BCUT2D eigenvalue weighted by Crippen LogP contribution is -2.11. The van der Waals surface area contributed by atoms with Crippen LogP contribution in [0.1, 0.15) is 15.9 Å². The van der Waals surface area contributed by atoms with Gasteiger partial charge in [-0.25, -0.2) is 4.68 Å². The molecule has 0 atom stereocenters. The van der Waals surface area contributed by atoms with Gasteiger partial charge in [-0.05, 0) is 35.9 Å². The van der Waals surface area contributed by atoms with Crippen molar-refractivity contribution in [2.75, 3.05) is 0 Å². The third kappa shape index (κ3) is 3.15. The highest BCUT2D eigenvalue weighted by molar-refractivity contribution is 6.31. The zero-order valence-corrected chi connectivity index (χ0v) is 14.5. The zero-order valence-electron chi connectivity index (χ0n) is 13.7. The van der Waals surface area contributed by atoms with Gasteiger partial charge in [-0.2, -0.15) is 0 Å². The van der Waals surface area contributed by atoms with Crippen LogP contribution in [0.3, 0.4) is 0 Å². The minimum absolute atomic E-state index is 0.129. The van der Waals surface area contributed by atoms with Gasteiger partial charge in [0.1, 0.15) is 11.2 Å². The lowest BCUT2D eigenvalue weighted by molar-refractivity contribution is 0.105. The van der Waals surface area contributed by atoms with Crippen LogP contribution < -0.4 is 0 Å². The number of hydrogen-bond acceptors (Lipinski definition) is 3. The van der Waals surface area contributed by atoms with Gasteiger partial charge in [-0.15, -0.1) is 5.10 Å². The summed E-state index contributed by atoms with van der Waals surface area (Å²) in [6.07, 6.45) is 1.80. The van der Waals surface area contributed by atoms with Crippen molar-refractivity contribution in [1.82, 2.24) is 15.0 Å². The topological polar surface area (TPSA) is 47.8 Å². The van der Waals surface area contributed by atoms with Crippen molar-refractivity contribution in [1.29, 1.82) is 0 Å². The van der Waals surface area contributed by atoms with Gasteiger partial charge in [0.05, 0.1) is 5.52 Å². The van der Waals surface area contributed by atoms with Gasteiger partial charge < -0.3 is 0 Å². The van der Waals surface area contributed by atoms with E-state index < -0.39 is 0 Å². The molecule has 3 aromatic carbocycles. The third-order valence-electron chi connectivity index (χ3n) is 4.02. The molecular weight excluding hydrogens is 346 g/mol. The van der Waals surface area contributed by atoms with E-state index in [0.29, 0.717) is 16.3 Å². The van der Waals surface area contributed by atoms with Crippen LogP contribution in [0.25, 0.3) is 22.8 Å². The first-order chi connectivity index (χ1) is 12.7. The van der Waals surface area contributed by atoms with Crippen molar-refractivity contribution >= 4 is 40.2 Å². The Balaban J connectivity index is 1.89. The van der Waals surface area contributed by atoms with E-state index in [0.717, 1.165) is 16.6 Å². The molecule has 4 nitrogen and oxygen atoms in total. The van der Waals surface area contributed by atoms with Crippen molar-refractivity contribution in [3.63, 3.8) is 0 Å². The van der Waals surface area contributed by atoms with Crippen LogP contribution in [0.15, 0.2) is 78.9 Å². The molecule has 4 aromatic rings. The Morgan fingerprint density at radius 2 is 1.58 bits per heavy atom. The molecule has 0 spiro atoms. The molecule has 0 radical (unpaired) electrons. The van der Waals surface area contributed by atoms with E-state index in [-0.39, 0.29) is 5.78 Å². The fraction of sp³-hybridized carbons (Fsp3) is 0. The maximum Gasteiger partial charge on any atom is 0.211 e. The fourth-order valence-electron chi connectivity index (χ4n) is 2.72. The number of rotatable bonds is 4. The molecule has 5 heteroatoms. The number of allylic oxidation sites excluding steroid dienone is 1. The van der Waals surface area contributed by atoms with Crippen LogP contribution in [0.4, 0.5) is 0 Å². The maximum atomic E-state index is 13.2. The molecule has 0 N–H and O–H groups in total. The van der Waals surface area contributed by atoms with Gasteiger partial charge in [0.2, 0.25) is 5.78 Å². The van der Waals surface area contributed by atoms with Crippen LogP contribution in [0.5, 0.6) is 0 Å². The molecule has 0 aliphatic heterocycles. The smallest absolute Gasteiger partial charge is 0.211 e. The molecular formula is C21H14ClN3O. The van der Waals surface area contributed by atoms with Crippen LogP contribution >= 0.6 is 11.6 Å². The minimum atomic E-state index is -0.129. The first-order valence-corrected chi connectivity index (χ1v) is 8.48. The van der Waals surface area contributed by atoms with Gasteiger partial charge in [0.15, 0.2) is 0 Å². The number of para-hydroxylation sites is 1. The van der Waals surface area contributed by atoms with E-state index in [2.05, 4.69) is 10.3 Å². The Kier molecular flexibility index (Phi) is 4.33. The molecule has 4 rings (SSSR count). The Morgan fingerprint density at radius 1 is 0.885 bits per heavy atom. The number of fused-ring (bicyclic) bond motifs is 1. The second-order valence-corrected chi connectivity index (χ2v) is 6.20. The summed E-state index contributed by atoms with van der Waals surface area (Å²) in [4.78, 5) is 13.2. The summed E-state index contributed by atoms with van der Waals surface area (Å²) >= 11 is 5.97. The molecule has 0 aliphatic rings. The van der Waals surface area contributed by atoms with Gasteiger partial charge in [-0.1, -0.05) is 71.4 Å².